The zero-order valence-electron chi connectivity index (χ0n) is 13.5. The second-order valence-corrected chi connectivity index (χ2v) is 8.12. The molecule has 1 unspecified atom stereocenters. The predicted molar refractivity (Wildman–Crippen MR) is 91.8 cm³/mol. The molecule has 0 bridgehead atoms. The van der Waals surface area contributed by atoms with E-state index in [-0.39, 0.29) is 23.2 Å². The SMILES string of the molecule is CN(c1cnc(C(=O)Nc2cccc(F)c2)cn1)C1CCS(=O)(=O)C1. The van der Waals surface area contributed by atoms with Gasteiger partial charge in [0.25, 0.3) is 5.91 Å². The molecule has 1 saturated heterocycles. The number of sulfone groups is 1. The number of carbonyl (C=O) groups is 1. The topological polar surface area (TPSA) is 92.3 Å². The van der Waals surface area contributed by atoms with Gasteiger partial charge in [-0.1, -0.05) is 6.07 Å². The summed E-state index contributed by atoms with van der Waals surface area (Å²) in [6.07, 6.45) is 3.28. The molecule has 1 fully saturated rings. The van der Waals surface area contributed by atoms with Gasteiger partial charge in [0, 0.05) is 18.8 Å². The minimum atomic E-state index is -2.99. The van der Waals surface area contributed by atoms with Crippen molar-refractivity contribution in [3.63, 3.8) is 0 Å². The van der Waals surface area contributed by atoms with Gasteiger partial charge in [-0.2, -0.15) is 0 Å². The van der Waals surface area contributed by atoms with Crippen LogP contribution in [-0.4, -0.2) is 48.9 Å². The van der Waals surface area contributed by atoms with Crippen LogP contribution in [-0.2, 0) is 9.84 Å². The van der Waals surface area contributed by atoms with E-state index in [0.717, 1.165) is 0 Å². The average molecular weight is 364 g/mol. The zero-order chi connectivity index (χ0) is 18.0. The fraction of sp³-hybridized carbons (Fsp3) is 0.312. The fourth-order valence-corrected chi connectivity index (χ4v) is 4.42. The Labute approximate surface area is 144 Å². The van der Waals surface area contributed by atoms with Crippen LogP contribution in [0.3, 0.4) is 0 Å². The lowest BCUT2D eigenvalue weighted by atomic mass is 10.2. The summed E-state index contributed by atoms with van der Waals surface area (Å²) >= 11 is 0. The molecular formula is C16H17FN4O3S. The molecule has 1 aromatic carbocycles. The Kier molecular flexibility index (Phi) is 4.67. The van der Waals surface area contributed by atoms with Crippen molar-refractivity contribution >= 4 is 27.2 Å². The first kappa shape index (κ1) is 17.3. The van der Waals surface area contributed by atoms with Crippen molar-refractivity contribution in [2.24, 2.45) is 0 Å². The normalized spacial score (nSPS) is 18.7. The summed E-state index contributed by atoms with van der Waals surface area (Å²) in [5.74, 6) is -0.205. The van der Waals surface area contributed by atoms with E-state index in [2.05, 4.69) is 15.3 Å². The van der Waals surface area contributed by atoms with Crippen LogP contribution >= 0.6 is 0 Å². The van der Waals surface area contributed by atoms with E-state index in [1.807, 2.05) is 0 Å². The largest absolute Gasteiger partial charge is 0.354 e. The van der Waals surface area contributed by atoms with E-state index in [9.17, 15) is 17.6 Å². The molecule has 1 aromatic heterocycles. The molecule has 132 valence electrons. The highest BCUT2D eigenvalue weighted by molar-refractivity contribution is 7.91. The van der Waals surface area contributed by atoms with Gasteiger partial charge in [0.15, 0.2) is 9.84 Å². The Morgan fingerprint density at radius 2 is 2.12 bits per heavy atom. The highest BCUT2D eigenvalue weighted by atomic mass is 32.2. The molecule has 0 aliphatic carbocycles. The van der Waals surface area contributed by atoms with Gasteiger partial charge < -0.3 is 10.2 Å². The highest BCUT2D eigenvalue weighted by Gasteiger charge is 2.31. The van der Waals surface area contributed by atoms with E-state index >= 15 is 0 Å². The molecule has 1 atom stereocenters. The molecule has 2 aromatic rings. The first-order chi connectivity index (χ1) is 11.8. The maximum atomic E-state index is 13.1. The molecule has 2 heterocycles. The summed E-state index contributed by atoms with van der Waals surface area (Å²) in [6.45, 7) is 0. The van der Waals surface area contributed by atoms with Gasteiger partial charge in [-0.05, 0) is 24.6 Å². The van der Waals surface area contributed by atoms with Gasteiger partial charge in [-0.15, -0.1) is 0 Å². The van der Waals surface area contributed by atoms with Crippen LogP contribution in [0.1, 0.15) is 16.9 Å². The molecule has 9 heteroatoms. The third-order valence-corrected chi connectivity index (χ3v) is 5.82. The van der Waals surface area contributed by atoms with E-state index in [1.54, 1.807) is 18.0 Å². The number of aromatic nitrogens is 2. The lowest BCUT2D eigenvalue weighted by Gasteiger charge is -2.23. The van der Waals surface area contributed by atoms with Gasteiger partial charge in [-0.25, -0.2) is 22.8 Å². The van der Waals surface area contributed by atoms with Crippen molar-refractivity contribution in [2.75, 3.05) is 28.8 Å². The summed E-state index contributed by atoms with van der Waals surface area (Å²) in [5.41, 5.74) is 0.407. The minimum absolute atomic E-state index is 0.0838. The van der Waals surface area contributed by atoms with Gasteiger partial charge in [0.05, 0.1) is 23.9 Å². The number of rotatable bonds is 4. The third-order valence-electron chi connectivity index (χ3n) is 4.07. The Hall–Kier alpha value is -2.55. The molecule has 1 amide bonds. The predicted octanol–water partition coefficient (Wildman–Crippen LogP) is 1.49. The number of nitrogens with one attached hydrogen (secondary N) is 1. The second-order valence-electron chi connectivity index (χ2n) is 5.89. The standard InChI is InChI=1S/C16H17FN4O3S/c1-21(13-5-6-25(23,24)10-13)15-9-18-14(8-19-15)16(22)20-12-4-2-3-11(17)7-12/h2-4,7-9,13H,5-6,10H2,1H3,(H,20,22). The van der Waals surface area contributed by atoms with Crippen molar-refractivity contribution in [3.05, 3.63) is 48.2 Å². The molecule has 7 nitrogen and oxygen atoms in total. The van der Waals surface area contributed by atoms with E-state index in [1.165, 1.54) is 30.6 Å². The molecule has 1 N–H and O–H groups in total. The molecular weight excluding hydrogens is 347 g/mol. The Bertz CT molecular complexity index is 887. The Balaban J connectivity index is 1.68. The molecule has 0 saturated carbocycles. The van der Waals surface area contributed by atoms with Crippen LogP contribution in [0, 0.1) is 5.82 Å². The lowest BCUT2D eigenvalue weighted by Crippen LogP contribution is -2.33. The number of anilines is 2. The molecule has 0 radical (unpaired) electrons. The number of nitrogens with zero attached hydrogens (tertiary/aromatic N) is 3. The number of hydrogen-bond donors (Lipinski definition) is 1. The number of halogens is 1. The number of benzene rings is 1. The Morgan fingerprint density at radius 1 is 1.32 bits per heavy atom. The summed E-state index contributed by atoms with van der Waals surface area (Å²) in [7, 11) is -1.24. The van der Waals surface area contributed by atoms with E-state index < -0.39 is 21.6 Å². The van der Waals surface area contributed by atoms with Crippen LogP contribution in [0.2, 0.25) is 0 Å². The fourth-order valence-electron chi connectivity index (χ4n) is 2.65. The zero-order valence-corrected chi connectivity index (χ0v) is 14.3. The van der Waals surface area contributed by atoms with Gasteiger partial charge in [-0.3, -0.25) is 4.79 Å². The quantitative estimate of drug-likeness (QED) is 0.884. The smallest absolute Gasteiger partial charge is 0.275 e. The number of hydrogen-bond acceptors (Lipinski definition) is 6. The lowest BCUT2D eigenvalue weighted by molar-refractivity contribution is 0.102. The van der Waals surface area contributed by atoms with Crippen LogP contribution in [0.25, 0.3) is 0 Å². The van der Waals surface area contributed by atoms with Gasteiger partial charge in [0.2, 0.25) is 0 Å². The average Bonchev–Trinajstić information content (AvgIpc) is 2.94. The van der Waals surface area contributed by atoms with Crippen molar-refractivity contribution in [3.8, 4) is 0 Å². The molecule has 1 aliphatic heterocycles. The number of carbonyl (C=O) groups excluding carboxylic acids is 1. The van der Waals surface area contributed by atoms with Crippen LogP contribution in [0.4, 0.5) is 15.9 Å². The van der Waals surface area contributed by atoms with Crippen molar-refractivity contribution in [2.45, 2.75) is 12.5 Å². The summed E-state index contributed by atoms with van der Waals surface area (Å²) in [6, 6.07) is 5.39. The maximum Gasteiger partial charge on any atom is 0.275 e. The summed E-state index contributed by atoms with van der Waals surface area (Å²) in [5, 5.41) is 2.54. The second kappa shape index (κ2) is 6.75. The first-order valence-corrected chi connectivity index (χ1v) is 9.48. The molecule has 25 heavy (non-hydrogen) atoms. The van der Waals surface area contributed by atoms with Crippen molar-refractivity contribution in [1.29, 1.82) is 0 Å². The van der Waals surface area contributed by atoms with E-state index in [0.29, 0.717) is 17.9 Å². The first-order valence-electron chi connectivity index (χ1n) is 7.66. The molecule has 0 spiro atoms. The highest BCUT2D eigenvalue weighted by Crippen LogP contribution is 2.21. The summed E-state index contributed by atoms with van der Waals surface area (Å²) in [4.78, 5) is 22.1. The van der Waals surface area contributed by atoms with Crippen molar-refractivity contribution in [1.82, 2.24) is 9.97 Å². The molecule has 1 aliphatic rings. The van der Waals surface area contributed by atoms with Gasteiger partial charge >= 0.3 is 0 Å². The minimum Gasteiger partial charge on any atom is -0.354 e. The van der Waals surface area contributed by atoms with E-state index in [4.69, 9.17) is 0 Å². The van der Waals surface area contributed by atoms with Crippen LogP contribution in [0.15, 0.2) is 36.7 Å². The monoisotopic (exact) mass is 364 g/mol. The summed E-state index contributed by atoms with van der Waals surface area (Å²) < 4.78 is 36.3. The Morgan fingerprint density at radius 3 is 2.72 bits per heavy atom. The van der Waals surface area contributed by atoms with Crippen molar-refractivity contribution < 1.29 is 17.6 Å². The van der Waals surface area contributed by atoms with Crippen LogP contribution < -0.4 is 10.2 Å². The third kappa shape index (κ3) is 4.11. The number of amides is 1. The van der Waals surface area contributed by atoms with Gasteiger partial charge in [0.1, 0.15) is 17.3 Å². The molecule has 3 rings (SSSR count). The van der Waals surface area contributed by atoms with Crippen LogP contribution in [0.5, 0.6) is 0 Å². The maximum absolute atomic E-state index is 13.1.